The zero-order valence-electron chi connectivity index (χ0n) is 13.0. The Bertz CT molecular complexity index is 452. The average molecular weight is 357 g/mol. The van der Waals surface area contributed by atoms with Crippen molar-refractivity contribution in [3.05, 3.63) is 34.1 Å². The maximum atomic E-state index is 13.2. The second kappa shape index (κ2) is 8.25. The van der Waals surface area contributed by atoms with Gasteiger partial charge in [0, 0.05) is 36.2 Å². The summed E-state index contributed by atoms with van der Waals surface area (Å²) in [6.45, 7) is 7.53. The molecule has 4 heteroatoms. The predicted octanol–water partition coefficient (Wildman–Crippen LogP) is 4.33. The second-order valence-corrected chi connectivity index (χ2v) is 6.86. The van der Waals surface area contributed by atoms with Crippen LogP contribution >= 0.6 is 15.9 Å². The van der Waals surface area contributed by atoms with E-state index in [2.05, 4.69) is 40.0 Å². The zero-order valence-corrected chi connectivity index (χ0v) is 14.6. The smallest absolute Gasteiger partial charge is 0.124 e. The quantitative estimate of drug-likeness (QED) is 0.815. The molecule has 1 saturated heterocycles. The Morgan fingerprint density at radius 1 is 1.29 bits per heavy atom. The number of nitrogens with one attached hydrogen (secondary N) is 1. The van der Waals surface area contributed by atoms with Crippen LogP contribution in [-0.2, 0) is 6.54 Å². The first kappa shape index (κ1) is 16.9. The normalized spacial score (nSPS) is 23.4. The van der Waals surface area contributed by atoms with Crippen LogP contribution in [-0.4, -0.2) is 30.1 Å². The van der Waals surface area contributed by atoms with Gasteiger partial charge in [0.25, 0.3) is 0 Å². The molecule has 0 aromatic heterocycles. The summed E-state index contributed by atoms with van der Waals surface area (Å²) in [6, 6.07) is 6.19. The Morgan fingerprint density at radius 2 is 2.05 bits per heavy atom. The van der Waals surface area contributed by atoms with Crippen LogP contribution < -0.4 is 5.32 Å². The molecule has 1 aliphatic heterocycles. The van der Waals surface area contributed by atoms with Crippen molar-refractivity contribution in [1.82, 2.24) is 10.2 Å². The third kappa shape index (κ3) is 4.76. The first-order chi connectivity index (χ1) is 10.1. The lowest BCUT2D eigenvalue weighted by Crippen LogP contribution is -2.55. The van der Waals surface area contributed by atoms with Crippen LogP contribution in [0.2, 0.25) is 0 Å². The number of benzene rings is 1. The van der Waals surface area contributed by atoms with Crippen molar-refractivity contribution in [3.63, 3.8) is 0 Å². The molecular formula is C17H26BrFN2. The van der Waals surface area contributed by atoms with Crippen molar-refractivity contribution >= 4 is 15.9 Å². The molecule has 0 bridgehead atoms. The molecular weight excluding hydrogens is 331 g/mol. The third-order valence-electron chi connectivity index (χ3n) is 4.26. The highest BCUT2D eigenvalue weighted by Gasteiger charge is 2.27. The van der Waals surface area contributed by atoms with E-state index >= 15 is 0 Å². The van der Waals surface area contributed by atoms with Crippen molar-refractivity contribution in [1.29, 1.82) is 0 Å². The molecule has 1 aromatic carbocycles. The minimum Gasteiger partial charge on any atom is -0.311 e. The minimum atomic E-state index is -0.181. The van der Waals surface area contributed by atoms with Crippen molar-refractivity contribution in [2.45, 2.75) is 58.2 Å². The van der Waals surface area contributed by atoms with Gasteiger partial charge in [0.2, 0.25) is 0 Å². The van der Waals surface area contributed by atoms with E-state index in [9.17, 15) is 4.39 Å². The molecule has 2 nitrogen and oxygen atoms in total. The highest BCUT2D eigenvalue weighted by Crippen LogP contribution is 2.23. The van der Waals surface area contributed by atoms with Gasteiger partial charge in [-0.2, -0.15) is 0 Å². The summed E-state index contributed by atoms with van der Waals surface area (Å²) in [5, 5.41) is 3.68. The van der Waals surface area contributed by atoms with Gasteiger partial charge in [-0.05, 0) is 30.5 Å². The zero-order chi connectivity index (χ0) is 15.2. The van der Waals surface area contributed by atoms with E-state index in [1.807, 2.05) is 6.07 Å². The molecule has 0 radical (unpaired) electrons. The van der Waals surface area contributed by atoms with Crippen molar-refractivity contribution in [3.8, 4) is 0 Å². The van der Waals surface area contributed by atoms with E-state index < -0.39 is 0 Å². The predicted molar refractivity (Wildman–Crippen MR) is 89.9 cm³/mol. The molecule has 1 aliphatic rings. The lowest BCUT2D eigenvalue weighted by molar-refractivity contribution is 0.111. The molecule has 0 amide bonds. The van der Waals surface area contributed by atoms with E-state index in [-0.39, 0.29) is 5.82 Å². The van der Waals surface area contributed by atoms with Crippen molar-refractivity contribution in [2.75, 3.05) is 13.1 Å². The monoisotopic (exact) mass is 356 g/mol. The molecule has 0 aliphatic carbocycles. The molecule has 2 rings (SSSR count). The number of nitrogens with zero attached hydrogens (tertiary/aromatic N) is 1. The SMILES string of the molecule is CCCC1CN(Cc2ccc(F)cc2Br)C(CCC)CN1. The standard InChI is InChI=1S/C17H26BrFN2/c1-3-5-15-12-21(16(6-4-2)10-20-15)11-13-7-8-14(19)9-17(13)18/h7-9,15-16,20H,3-6,10-12H2,1-2H3. The van der Waals surface area contributed by atoms with Gasteiger partial charge < -0.3 is 5.32 Å². The first-order valence-corrected chi connectivity index (χ1v) is 8.84. The summed E-state index contributed by atoms with van der Waals surface area (Å²) in [5.41, 5.74) is 1.18. The average Bonchev–Trinajstić information content (AvgIpc) is 2.45. The van der Waals surface area contributed by atoms with Crippen LogP contribution in [0, 0.1) is 5.82 Å². The summed E-state index contributed by atoms with van der Waals surface area (Å²) < 4.78 is 14.1. The lowest BCUT2D eigenvalue weighted by atomic mass is 10.0. The van der Waals surface area contributed by atoms with Gasteiger partial charge in [-0.25, -0.2) is 4.39 Å². The molecule has 2 unspecified atom stereocenters. The highest BCUT2D eigenvalue weighted by atomic mass is 79.9. The Hall–Kier alpha value is -0.450. The summed E-state index contributed by atoms with van der Waals surface area (Å²) in [5.74, 6) is -0.181. The number of hydrogen-bond acceptors (Lipinski definition) is 2. The van der Waals surface area contributed by atoms with Crippen LogP contribution in [0.1, 0.15) is 45.1 Å². The Labute approximate surface area is 136 Å². The summed E-state index contributed by atoms with van der Waals surface area (Å²) >= 11 is 3.50. The summed E-state index contributed by atoms with van der Waals surface area (Å²) in [7, 11) is 0. The van der Waals surface area contributed by atoms with E-state index in [4.69, 9.17) is 0 Å². The van der Waals surface area contributed by atoms with Crippen LogP contribution in [0.25, 0.3) is 0 Å². The molecule has 1 aromatic rings. The number of hydrogen-bond donors (Lipinski definition) is 1. The van der Waals surface area contributed by atoms with Crippen molar-refractivity contribution < 1.29 is 4.39 Å². The van der Waals surface area contributed by atoms with E-state index in [1.54, 1.807) is 12.1 Å². The van der Waals surface area contributed by atoms with Crippen LogP contribution in [0.4, 0.5) is 4.39 Å². The van der Waals surface area contributed by atoms with Gasteiger partial charge in [-0.15, -0.1) is 0 Å². The molecule has 0 spiro atoms. The van der Waals surface area contributed by atoms with E-state index in [1.165, 1.54) is 31.2 Å². The van der Waals surface area contributed by atoms with Gasteiger partial charge >= 0.3 is 0 Å². The number of rotatable bonds is 6. The molecule has 0 saturated carbocycles. The van der Waals surface area contributed by atoms with Crippen LogP contribution in [0.15, 0.2) is 22.7 Å². The Balaban J connectivity index is 2.07. The minimum absolute atomic E-state index is 0.181. The lowest BCUT2D eigenvalue weighted by Gasteiger charge is -2.40. The van der Waals surface area contributed by atoms with E-state index in [0.717, 1.165) is 24.1 Å². The molecule has 118 valence electrons. The van der Waals surface area contributed by atoms with Gasteiger partial charge in [0.1, 0.15) is 5.82 Å². The molecule has 21 heavy (non-hydrogen) atoms. The van der Waals surface area contributed by atoms with Crippen LogP contribution in [0.3, 0.4) is 0 Å². The topological polar surface area (TPSA) is 15.3 Å². The number of halogens is 2. The van der Waals surface area contributed by atoms with Crippen LogP contribution in [0.5, 0.6) is 0 Å². The molecule has 2 atom stereocenters. The van der Waals surface area contributed by atoms with Crippen molar-refractivity contribution in [2.24, 2.45) is 0 Å². The maximum Gasteiger partial charge on any atom is 0.124 e. The maximum absolute atomic E-state index is 13.2. The molecule has 1 heterocycles. The summed E-state index contributed by atoms with van der Waals surface area (Å²) in [4.78, 5) is 2.57. The Morgan fingerprint density at radius 3 is 2.71 bits per heavy atom. The van der Waals surface area contributed by atoms with Gasteiger partial charge in [-0.3, -0.25) is 4.90 Å². The molecule has 1 N–H and O–H groups in total. The Kier molecular flexibility index (Phi) is 6.65. The molecule has 1 fully saturated rings. The fraction of sp³-hybridized carbons (Fsp3) is 0.647. The van der Waals surface area contributed by atoms with Gasteiger partial charge in [-0.1, -0.05) is 48.7 Å². The third-order valence-corrected chi connectivity index (χ3v) is 5.00. The van der Waals surface area contributed by atoms with E-state index in [0.29, 0.717) is 12.1 Å². The largest absolute Gasteiger partial charge is 0.311 e. The fourth-order valence-electron chi connectivity index (χ4n) is 3.15. The first-order valence-electron chi connectivity index (χ1n) is 8.05. The highest BCUT2D eigenvalue weighted by molar-refractivity contribution is 9.10. The summed E-state index contributed by atoms with van der Waals surface area (Å²) in [6.07, 6.45) is 4.85. The van der Waals surface area contributed by atoms with Gasteiger partial charge in [0.05, 0.1) is 0 Å². The number of piperazine rings is 1. The second-order valence-electron chi connectivity index (χ2n) is 6.00. The fourth-order valence-corrected chi connectivity index (χ4v) is 3.63. The van der Waals surface area contributed by atoms with Gasteiger partial charge in [0.15, 0.2) is 0 Å².